The molecule has 0 aliphatic carbocycles. The summed E-state index contributed by atoms with van der Waals surface area (Å²) in [6.07, 6.45) is 1.53. The largest absolute Gasteiger partial charge is 0.493 e. The first-order valence-corrected chi connectivity index (χ1v) is 9.03. The van der Waals surface area contributed by atoms with E-state index in [1.165, 1.54) is 25.3 Å². The van der Waals surface area contributed by atoms with Gasteiger partial charge in [0.25, 0.3) is 5.69 Å². The van der Waals surface area contributed by atoms with Gasteiger partial charge in [-0.05, 0) is 37.6 Å². The van der Waals surface area contributed by atoms with Crippen LogP contribution in [-0.4, -0.2) is 30.5 Å². The van der Waals surface area contributed by atoms with Gasteiger partial charge in [-0.2, -0.15) is 0 Å². The summed E-state index contributed by atoms with van der Waals surface area (Å²) in [7, 11) is 1.52. The fourth-order valence-corrected chi connectivity index (χ4v) is 2.88. The van der Waals surface area contributed by atoms with Gasteiger partial charge in [0.1, 0.15) is 6.61 Å². The van der Waals surface area contributed by atoms with Crippen LogP contribution in [0.5, 0.6) is 11.5 Å². The first-order valence-electron chi connectivity index (χ1n) is 9.03. The normalized spacial score (nSPS) is 14.3. The predicted octanol–water partition coefficient (Wildman–Crippen LogP) is 4.21. The highest BCUT2D eigenvalue weighted by Gasteiger charge is 2.28. The zero-order valence-corrected chi connectivity index (χ0v) is 16.8. The Morgan fingerprint density at radius 1 is 1.30 bits per heavy atom. The Balaban J connectivity index is 2.03. The standard InChI is InChI=1S/C22H20N2O6/c1-13(2)12-29-20-15(7-5-10-19(20)28-4)11-17-22(25)30-21(23-17)16-8-6-9-18(14(16)3)24(26)27/h5-11H,1,12H2,2-4H3/b17-11-. The third-order valence-electron chi connectivity index (χ3n) is 4.34. The number of esters is 1. The van der Waals surface area contributed by atoms with E-state index in [-0.39, 0.29) is 23.9 Å². The molecule has 0 aromatic heterocycles. The number of rotatable bonds is 7. The van der Waals surface area contributed by atoms with Gasteiger partial charge < -0.3 is 14.2 Å². The molecule has 0 saturated carbocycles. The third-order valence-corrected chi connectivity index (χ3v) is 4.34. The van der Waals surface area contributed by atoms with Gasteiger partial charge in [0.2, 0.25) is 5.90 Å². The lowest BCUT2D eigenvalue weighted by molar-refractivity contribution is -0.385. The molecule has 0 spiro atoms. The average molecular weight is 408 g/mol. The van der Waals surface area contributed by atoms with Crippen LogP contribution in [-0.2, 0) is 9.53 Å². The molecule has 0 amide bonds. The molecule has 1 aliphatic rings. The second-order valence-corrected chi connectivity index (χ2v) is 6.67. The number of nitrogens with zero attached hydrogens (tertiary/aromatic N) is 2. The van der Waals surface area contributed by atoms with E-state index in [1.54, 1.807) is 31.2 Å². The van der Waals surface area contributed by atoms with Crippen LogP contribution in [0.4, 0.5) is 5.69 Å². The number of ether oxygens (including phenoxy) is 3. The molecular formula is C22H20N2O6. The quantitative estimate of drug-likeness (QED) is 0.224. The summed E-state index contributed by atoms with van der Waals surface area (Å²) in [4.78, 5) is 27.3. The molecule has 2 aromatic rings. The summed E-state index contributed by atoms with van der Waals surface area (Å²) in [5.74, 6) is 0.290. The minimum atomic E-state index is -0.662. The van der Waals surface area contributed by atoms with Crippen LogP contribution < -0.4 is 9.47 Å². The highest BCUT2D eigenvalue weighted by molar-refractivity contribution is 6.13. The van der Waals surface area contributed by atoms with E-state index >= 15 is 0 Å². The molecule has 0 fully saturated rings. The maximum Gasteiger partial charge on any atom is 0.363 e. The number of nitro benzene ring substituents is 1. The lowest BCUT2D eigenvalue weighted by atomic mass is 10.1. The number of cyclic esters (lactones) is 1. The molecule has 0 saturated heterocycles. The summed E-state index contributed by atoms with van der Waals surface area (Å²) in [6.45, 7) is 7.51. The van der Waals surface area contributed by atoms with Gasteiger partial charge in [0.15, 0.2) is 17.2 Å². The Bertz CT molecular complexity index is 1100. The number of hydrogen-bond acceptors (Lipinski definition) is 7. The van der Waals surface area contributed by atoms with Gasteiger partial charge >= 0.3 is 5.97 Å². The highest BCUT2D eigenvalue weighted by Crippen LogP contribution is 2.34. The van der Waals surface area contributed by atoms with Crippen LogP contribution in [0.2, 0.25) is 0 Å². The maximum atomic E-state index is 12.4. The minimum absolute atomic E-state index is 0.0137. The molecule has 1 heterocycles. The Kier molecular flexibility index (Phi) is 5.96. The van der Waals surface area contributed by atoms with E-state index in [2.05, 4.69) is 11.6 Å². The van der Waals surface area contributed by atoms with Crippen molar-refractivity contribution in [1.29, 1.82) is 0 Å². The van der Waals surface area contributed by atoms with Crippen molar-refractivity contribution in [2.75, 3.05) is 13.7 Å². The van der Waals surface area contributed by atoms with Crippen molar-refractivity contribution in [3.05, 3.63) is 81.1 Å². The summed E-state index contributed by atoms with van der Waals surface area (Å²) in [5.41, 5.74) is 2.10. The molecule has 3 rings (SSSR count). The van der Waals surface area contributed by atoms with Crippen molar-refractivity contribution in [2.24, 2.45) is 4.99 Å². The number of carbonyl (C=O) groups is 1. The molecule has 0 N–H and O–H groups in total. The zero-order chi connectivity index (χ0) is 21.8. The van der Waals surface area contributed by atoms with Crippen molar-refractivity contribution < 1.29 is 23.9 Å². The second-order valence-electron chi connectivity index (χ2n) is 6.67. The van der Waals surface area contributed by atoms with Crippen LogP contribution >= 0.6 is 0 Å². The lowest BCUT2D eigenvalue weighted by Crippen LogP contribution is -2.08. The van der Waals surface area contributed by atoms with Gasteiger partial charge in [-0.3, -0.25) is 10.1 Å². The highest BCUT2D eigenvalue weighted by atomic mass is 16.6. The smallest absolute Gasteiger partial charge is 0.363 e. The third kappa shape index (κ3) is 4.22. The SMILES string of the molecule is C=C(C)COc1c(/C=C2\N=C(c3cccc([N+](=O)[O-])c3C)OC2=O)cccc1OC. The van der Waals surface area contributed by atoms with E-state index in [0.29, 0.717) is 28.2 Å². The van der Waals surface area contributed by atoms with E-state index in [4.69, 9.17) is 14.2 Å². The van der Waals surface area contributed by atoms with Crippen molar-refractivity contribution >= 4 is 23.6 Å². The van der Waals surface area contributed by atoms with Gasteiger partial charge in [-0.25, -0.2) is 9.79 Å². The average Bonchev–Trinajstić information content (AvgIpc) is 3.06. The van der Waals surface area contributed by atoms with Gasteiger partial charge in [0.05, 0.1) is 12.0 Å². The molecule has 0 unspecified atom stereocenters. The van der Waals surface area contributed by atoms with E-state index in [0.717, 1.165) is 5.57 Å². The Morgan fingerprint density at radius 3 is 2.70 bits per heavy atom. The molecule has 8 heteroatoms. The number of carbonyl (C=O) groups excluding carboxylic acids is 1. The van der Waals surface area contributed by atoms with Gasteiger partial charge in [0, 0.05) is 22.8 Å². The maximum absolute atomic E-state index is 12.4. The van der Waals surface area contributed by atoms with E-state index in [9.17, 15) is 14.9 Å². The predicted molar refractivity (Wildman–Crippen MR) is 112 cm³/mol. The molecule has 0 atom stereocenters. The zero-order valence-electron chi connectivity index (χ0n) is 16.8. The molecule has 1 aliphatic heterocycles. The van der Waals surface area contributed by atoms with Crippen molar-refractivity contribution in [1.82, 2.24) is 0 Å². The topological polar surface area (TPSA) is 100 Å². The lowest BCUT2D eigenvalue weighted by Gasteiger charge is -2.13. The fraction of sp³-hybridized carbons (Fsp3) is 0.182. The molecule has 2 aromatic carbocycles. The first-order chi connectivity index (χ1) is 14.3. The molecule has 0 radical (unpaired) electrons. The molecule has 8 nitrogen and oxygen atoms in total. The number of hydrogen-bond donors (Lipinski definition) is 0. The number of aliphatic imine (C=N–C) groups is 1. The summed E-state index contributed by atoms with van der Waals surface area (Å²) < 4.78 is 16.4. The molecular weight excluding hydrogens is 388 g/mol. The number of methoxy groups -OCH3 is 1. The molecule has 30 heavy (non-hydrogen) atoms. The van der Waals surface area contributed by atoms with Crippen LogP contribution in [0.1, 0.15) is 23.6 Å². The molecule has 154 valence electrons. The fourth-order valence-electron chi connectivity index (χ4n) is 2.88. The van der Waals surface area contributed by atoms with Crippen molar-refractivity contribution in [2.45, 2.75) is 13.8 Å². The van der Waals surface area contributed by atoms with Crippen LogP contribution in [0.15, 0.2) is 59.2 Å². The van der Waals surface area contributed by atoms with E-state index < -0.39 is 10.9 Å². The van der Waals surface area contributed by atoms with Crippen LogP contribution in [0.3, 0.4) is 0 Å². The van der Waals surface area contributed by atoms with Crippen LogP contribution in [0, 0.1) is 17.0 Å². The second kappa shape index (κ2) is 8.60. The Morgan fingerprint density at radius 2 is 2.03 bits per heavy atom. The summed E-state index contributed by atoms with van der Waals surface area (Å²) in [6, 6.07) is 9.77. The summed E-state index contributed by atoms with van der Waals surface area (Å²) >= 11 is 0. The van der Waals surface area contributed by atoms with Gasteiger partial charge in [-0.1, -0.05) is 24.8 Å². The Labute approximate surface area is 173 Å². The van der Waals surface area contributed by atoms with Gasteiger partial charge in [-0.15, -0.1) is 0 Å². The summed E-state index contributed by atoms with van der Waals surface area (Å²) in [5, 5.41) is 11.2. The Hall–Kier alpha value is -3.94. The van der Waals surface area contributed by atoms with Crippen LogP contribution in [0.25, 0.3) is 6.08 Å². The number of benzene rings is 2. The molecule has 0 bridgehead atoms. The number of nitro groups is 1. The first kappa shape index (κ1) is 20.8. The monoisotopic (exact) mass is 408 g/mol. The van der Waals surface area contributed by atoms with E-state index in [1.807, 2.05) is 6.92 Å². The van der Waals surface area contributed by atoms with Crippen molar-refractivity contribution in [3.63, 3.8) is 0 Å². The van der Waals surface area contributed by atoms with Crippen molar-refractivity contribution in [3.8, 4) is 11.5 Å². The minimum Gasteiger partial charge on any atom is -0.493 e. The number of para-hydroxylation sites is 1.